The Labute approximate surface area is 594 Å². The molecule has 3 unspecified atom stereocenters. The number of phosphoric ester groups is 2. The lowest BCUT2D eigenvalue weighted by Crippen LogP contribution is -2.30. The largest absolute Gasteiger partial charge is 0.472 e. The summed E-state index contributed by atoms with van der Waals surface area (Å²) in [6.45, 7) is 9.52. The molecule has 0 saturated carbocycles. The Morgan fingerprint density at radius 1 is 0.299 bits per heavy atom. The summed E-state index contributed by atoms with van der Waals surface area (Å²) in [7, 11) is -9.91. The summed E-state index contributed by atoms with van der Waals surface area (Å²) < 4.78 is 68.5. The van der Waals surface area contributed by atoms with Crippen LogP contribution >= 0.6 is 15.6 Å². The van der Waals surface area contributed by atoms with Gasteiger partial charge in [-0.25, -0.2) is 9.13 Å². The van der Waals surface area contributed by atoms with Gasteiger partial charge in [0.1, 0.15) is 19.3 Å². The Morgan fingerprint density at radius 3 is 0.784 bits per heavy atom. The van der Waals surface area contributed by atoms with Crippen LogP contribution in [0, 0.1) is 11.8 Å². The van der Waals surface area contributed by atoms with Crippen LogP contribution in [0.15, 0.2) is 0 Å². The van der Waals surface area contributed by atoms with E-state index in [1.165, 1.54) is 218 Å². The zero-order valence-electron chi connectivity index (χ0n) is 63.4. The van der Waals surface area contributed by atoms with Crippen molar-refractivity contribution in [3.63, 3.8) is 0 Å². The smallest absolute Gasteiger partial charge is 0.462 e. The number of carbonyl (C=O) groups excluding carboxylic acids is 4. The van der Waals surface area contributed by atoms with Crippen LogP contribution in [-0.2, 0) is 65.4 Å². The third kappa shape index (κ3) is 70.9. The van der Waals surface area contributed by atoms with E-state index < -0.39 is 97.5 Å². The maximum Gasteiger partial charge on any atom is 0.472 e. The fourth-order valence-corrected chi connectivity index (χ4v) is 13.6. The monoisotopic (exact) mass is 1420 g/mol. The summed E-state index contributed by atoms with van der Waals surface area (Å²) in [4.78, 5) is 72.8. The lowest BCUT2D eigenvalue weighted by molar-refractivity contribution is -0.161. The Bertz CT molecular complexity index is 1870. The van der Waals surface area contributed by atoms with Crippen molar-refractivity contribution in [3.8, 4) is 0 Å². The highest BCUT2D eigenvalue weighted by Gasteiger charge is 2.30. The van der Waals surface area contributed by atoms with Crippen molar-refractivity contribution in [1.29, 1.82) is 0 Å². The third-order valence-corrected chi connectivity index (χ3v) is 20.5. The number of hydrogen-bond acceptors (Lipinski definition) is 15. The van der Waals surface area contributed by atoms with Crippen LogP contribution in [0.4, 0.5) is 0 Å². The van der Waals surface area contributed by atoms with E-state index >= 15 is 0 Å². The molecule has 0 aromatic carbocycles. The molecule has 6 atom stereocenters. The molecule has 17 nitrogen and oxygen atoms in total. The predicted molar refractivity (Wildman–Crippen MR) is 395 cm³/mol. The standard InChI is InChI=1S/C78H152O17P2/c1-7-10-12-14-16-18-20-22-24-25-26-27-28-29-30-31-33-35-37-42-50-56-62-77(82)94-73(66-88-75(80)60-54-48-41-36-34-32-23-21-19-17-15-13-11-8-2)68-92-96(84,85)90-64-72(79)65-91-97(86,87)93-69-74(67-89-76(81)61-55-49-45-44-47-53-59-71(6)9-3)95-78(83)63-57-51-43-39-38-40-46-52-58-70(4)5/h70-74,79H,7-69H2,1-6H3,(H,84,85)(H,86,87)/t71?,72-,73-,74-/m1/s1. The van der Waals surface area contributed by atoms with Crippen LogP contribution in [0.25, 0.3) is 0 Å². The molecule has 576 valence electrons. The van der Waals surface area contributed by atoms with Crippen molar-refractivity contribution in [2.75, 3.05) is 39.6 Å². The van der Waals surface area contributed by atoms with E-state index in [1.54, 1.807) is 0 Å². The van der Waals surface area contributed by atoms with Crippen molar-refractivity contribution in [1.82, 2.24) is 0 Å². The average Bonchev–Trinajstić information content (AvgIpc) is 2.31. The molecular weight excluding hydrogens is 1270 g/mol. The first-order valence-corrected chi connectivity index (χ1v) is 43.5. The predicted octanol–water partition coefficient (Wildman–Crippen LogP) is 23.1. The molecule has 0 fully saturated rings. The number of ether oxygens (including phenoxy) is 4. The summed E-state index contributed by atoms with van der Waals surface area (Å²) in [6.07, 6.45) is 58.5. The number of hydrogen-bond donors (Lipinski definition) is 3. The van der Waals surface area contributed by atoms with Crippen LogP contribution in [0.1, 0.15) is 408 Å². The van der Waals surface area contributed by atoms with E-state index in [2.05, 4.69) is 41.5 Å². The van der Waals surface area contributed by atoms with E-state index in [4.69, 9.17) is 37.0 Å². The number of rotatable bonds is 77. The quantitative estimate of drug-likeness (QED) is 0.0222. The molecule has 0 heterocycles. The normalized spacial score (nSPS) is 14.2. The van der Waals surface area contributed by atoms with E-state index in [0.29, 0.717) is 25.7 Å². The van der Waals surface area contributed by atoms with Gasteiger partial charge in [-0.3, -0.25) is 37.3 Å². The van der Waals surface area contributed by atoms with E-state index in [-0.39, 0.29) is 25.7 Å². The number of aliphatic hydroxyl groups excluding tert-OH is 1. The molecule has 3 N–H and O–H groups in total. The van der Waals surface area contributed by atoms with Crippen LogP contribution < -0.4 is 0 Å². The molecule has 0 aliphatic carbocycles. The van der Waals surface area contributed by atoms with Crippen molar-refractivity contribution in [3.05, 3.63) is 0 Å². The molecule has 0 saturated heterocycles. The second-order valence-corrected chi connectivity index (χ2v) is 31.7. The Balaban J connectivity index is 5.19. The van der Waals surface area contributed by atoms with Gasteiger partial charge in [-0.1, -0.05) is 356 Å². The first-order chi connectivity index (χ1) is 46.9. The van der Waals surface area contributed by atoms with Gasteiger partial charge < -0.3 is 33.8 Å². The number of aliphatic hydroxyl groups is 1. The zero-order chi connectivity index (χ0) is 71.4. The lowest BCUT2D eigenvalue weighted by atomic mass is 10.00. The van der Waals surface area contributed by atoms with Crippen molar-refractivity contribution in [2.45, 2.75) is 426 Å². The van der Waals surface area contributed by atoms with Gasteiger partial charge in [-0.2, -0.15) is 0 Å². The molecule has 0 aliphatic rings. The van der Waals surface area contributed by atoms with Crippen LogP contribution in [0.5, 0.6) is 0 Å². The fraction of sp³-hybridized carbons (Fsp3) is 0.949. The summed E-state index contributed by atoms with van der Waals surface area (Å²) in [5.74, 6) is -0.668. The molecule has 0 amide bonds. The number of esters is 4. The summed E-state index contributed by atoms with van der Waals surface area (Å²) >= 11 is 0. The van der Waals surface area contributed by atoms with E-state index in [0.717, 1.165) is 108 Å². The Morgan fingerprint density at radius 2 is 0.526 bits per heavy atom. The van der Waals surface area contributed by atoms with Gasteiger partial charge in [-0.05, 0) is 37.5 Å². The topological polar surface area (TPSA) is 237 Å². The van der Waals surface area contributed by atoms with Crippen molar-refractivity contribution in [2.24, 2.45) is 11.8 Å². The van der Waals surface area contributed by atoms with Crippen LogP contribution in [-0.4, -0.2) is 96.7 Å². The van der Waals surface area contributed by atoms with Crippen LogP contribution in [0.3, 0.4) is 0 Å². The highest BCUT2D eigenvalue weighted by atomic mass is 31.2. The van der Waals surface area contributed by atoms with Gasteiger partial charge in [0.15, 0.2) is 12.2 Å². The van der Waals surface area contributed by atoms with Gasteiger partial charge in [0.05, 0.1) is 26.4 Å². The summed E-state index contributed by atoms with van der Waals surface area (Å²) in [6, 6.07) is 0. The summed E-state index contributed by atoms with van der Waals surface area (Å²) in [5, 5.41) is 10.6. The Hall–Kier alpha value is -1.94. The van der Waals surface area contributed by atoms with Gasteiger partial charge in [0.2, 0.25) is 0 Å². The van der Waals surface area contributed by atoms with Crippen molar-refractivity contribution >= 4 is 39.5 Å². The average molecular weight is 1420 g/mol. The highest BCUT2D eigenvalue weighted by Crippen LogP contribution is 2.45. The first-order valence-electron chi connectivity index (χ1n) is 40.5. The summed E-state index contributed by atoms with van der Waals surface area (Å²) in [5.41, 5.74) is 0. The molecule has 0 aliphatic heterocycles. The van der Waals surface area contributed by atoms with Gasteiger partial charge >= 0.3 is 39.5 Å². The second kappa shape index (κ2) is 69.8. The molecule has 0 rings (SSSR count). The fourth-order valence-electron chi connectivity index (χ4n) is 12.0. The minimum Gasteiger partial charge on any atom is -0.462 e. The molecular formula is C78H152O17P2. The SMILES string of the molecule is CCCCCCCCCCCCCCCCCCCCCCCCC(=O)O[C@H](COC(=O)CCCCCCCCCCCCCCCC)COP(=O)(O)OC[C@@H](O)COP(=O)(O)OC[C@@H](COC(=O)CCCCCCCCC(C)CC)OC(=O)CCCCCCCCCCC(C)C. The number of phosphoric acid groups is 2. The van der Waals surface area contributed by atoms with E-state index in [9.17, 15) is 43.2 Å². The molecule has 97 heavy (non-hydrogen) atoms. The molecule has 0 bridgehead atoms. The lowest BCUT2D eigenvalue weighted by Gasteiger charge is -2.21. The molecule has 0 aromatic heterocycles. The van der Waals surface area contributed by atoms with Gasteiger partial charge in [0.25, 0.3) is 0 Å². The Kier molecular flexibility index (Phi) is 68.4. The highest BCUT2D eigenvalue weighted by molar-refractivity contribution is 7.47. The first kappa shape index (κ1) is 95.1. The minimum absolute atomic E-state index is 0.104. The second-order valence-electron chi connectivity index (χ2n) is 28.8. The van der Waals surface area contributed by atoms with Gasteiger partial charge in [-0.15, -0.1) is 0 Å². The van der Waals surface area contributed by atoms with E-state index in [1.807, 2.05) is 0 Å². The zero-order valence-corrected chi connectivity index (χ0v) is 65.2. The maximum atomic E-state index is 13.1. The van der Waals surface area contributed by atoms with Crippen molar-refractivity contribution < 1.29 is 80.2 Å². The van der Waals surface area contributed by atoms with Crippen LogP contribution in [0.2, 0.25) is 0 Å². The number of unbranched alkanes of at least 4 members (excludes halogenated alkanes) is 46. The minimum atomic E-state index is -4.96. The third-order valence-electron chi connectivity index (χ3n) is 18.6. The molecule has 0 spiro atoms. The van der Waals surface area contributed by atoms with Gasteiger partial charge in [0, 0.05) is 25.7 Å². The maximum absolute atomic E-state index is 13.1. The molecule has 19 heteroatoms. The molecule has 0 aromatic rings. The molecule has 0 radical (unpaired) electrons. The number of carbonyl (C=O) groups is 4.